The van der Waals surface area contributed by atoms with E-state index in [0.29, 0.717) is 12.3 Å². The molecule has 2 atom stereocenters. The van der Waals surface area contributed by atoms with Crippen LogP contribution >= 0.6 is 0 Å². The lowest BCUT2D eigenvalue weighted by atomic mass is 9.93. The lowest BCUT2D eigenvalue weighted by Gasteiger charge is -2.36. The monoisotopic (exact) mass is 300 g/mol. The van der Waals surface area contributed by atoms with Crippen LogP contribution in [0.3, 0.4) is 0 Å². The van der Waals surface area contributed by atoms with E-state index in [1.165, 1.54) is 0 Å². The summed E-state index contributed by atoms with van der Waals surface area (Å²) in [7, 11) is 0. The Hall–Kier alpha value is -2.30. The van der Waals surface area contributed by atoms with Crippen LogP contribution in [0.1, 0.15) is 35.9 Å². The number of amides is 2. The first-order chi connectivity index (χ1) is 10.5. The number of furan rings is 1. The van der Waals surface area contributed by atoms with Crippen molar-refractivity contribution in [1.82, 2.24) is 4.90 Å². The van der Waals surface area contributed by atoms with Crippen molar-refractivity contribution in [2.24, 2.45) is 11.7 Å². The second-order valence-corrected chi connectivity index (χ2v) is 6.09. The highest BCUT2D eigenvalue weighted by Crippen LogP contribution is 2.27. The standard InChI is InChI=1S/C17H20N2O3/c1-10-4-3-5-12-8-14(22-15(10)12)17(21)19-9-13(16(18)20)7-6-11(19)2/h3-5,8,11,13H,6-7,9H2,1-2H3,(H2,18,20). The molecule has 2 N–H and O–H groups in total. The van der Waals surface area contributed by atoms with E-state index in [1.807, 2.05) is 32.0 Å². The SMILES string of the molecule is Cc1cccc2cc(C(=O)N3CC(C(N)=O)CCC3C)oc12. The van der Waals surface area contributed by atoms with Gasteiger partial charge in [-0.25, -0.2) is 0 Å². The lowest BCUT2D eigenvalue weighted by molar-refractivity contribution is -0.123. The van der Waals surface area contributed by atoms with E-state index >= 15 is 0 Å². The van der Waals surface area contributed by atoms with Crippen molar-refractivity contribution in [3.8, 4) is 0 Å². The van der Waals surface area contributed by atoms with E-state index in [1.54, 1.807) is 11.0 Å². The number of piperidine rings is 1. The van der Waals surface area contributed by atoms with Crippen LogP contribution in [-0.2, 0) is 4.79 Å². The number of aryl methyl sites for hydroxylation is 1. The summed E-state index contributed by atoms with van der Waals surface area (Å²) in [5, 5.41) is 0.916. The van der Waals surface area contributed by atoms with Crippen molar-refractivity contribution in [3.63, 3.8) is 0 Å². The summed E-state index contributed by atoms with van der Waals surface area (Å²) in [6, 6.07) is 7.66. The zero-order valence-electron chi connectivity index (χ0n) is 12.8. The van der Waals surface area contributed by atoms with Crippen molar-refractivity contribution >= 4 is 22.8 Å². The molecule has 2 aromatic rings. The zero-order valence-corrected chi connectivity index (χ0v) is 12.8. The predicted octanol–water partition coefficient (Wildman–Crippen LogP) is 2.47. The first-order valence-electron chi connectivity index (χ1n) is 7.57. The van der Waals surface area contributed by atoms with Crippen LogP contribution in [0, 0.1) is 12.8 Å². The molecule has 0 radical (unpaired) electrons. The second-order valence-electron chi connectivity index (χ2n) is 6.09. The molecule has 0 aliphatic carbocycles. The Morgan fingerprint density at radius 3 is 2.77 bits per heavy atom. The lowest BCUT2D eigenvalue weighted by Crippen LogP contribution is -2.48. The fourth-order valence-corrected chi connectivity index (χ4v) is 3.08. The molecule has 1 fully saturated rings. The minimum Gasteiger partial charge on any atom is -0.451 e. The molecule has 2 heterocycles. The average Bonchev–Trinajstić information content (AvgIpc) is 2.92. The summed E-state index contributed by atoms with van der Waals surface area (Å²) in [6.07, 6.45) is 1.51. The fraction of sp³-hybridized carbons (Fsp3) is 0.412. The Labute approximate surface area is 129 Å². The summed E-state index contributed by atoms with van der Waals surface area (Å²) in [5.41, 5.74) is 7.13. The molecular weight excluding hydrogens is 280 g/mol. The summed E-state index contributed by atoms with van der Waals surface area (Å²) in [5.74, 6) is -0.466. The highest BCUT2D eigenvalue weighted by molar-refractivity contribution is 5.97. The highest BCUT2D eigenvalue weighted by Gasteiger charge is 2.33. The highest BCUT2D eigenvalue weighted by atomic mass is 16.3. The fourth-order valence-electron chi connectivity index (χ4n) is 3.08. The van der Waals surface area contributed by atoms with Crippen molar-refractivity contribution < 1.29 is 14.0 Å². The number of rotatable bonds is 2. The number of carbonyl (C=O) groups is 2. The minimum absolute atomic E-state index is 0.0809. The largest absolute Gasteiger partial charge is 0.451 e. The maximum absolute atomic E-state index is 12.7. The molecular formula is C17H20N2O3. The van der Waals surface area contributed by atoms with E-state index in [2.05, 4.69) is 0 Å². The Kier molecular flexibility index (Phi) is 3.64. The molecule has 2 amide bonds. The van der Waals surface area contributed by atoms with Gasteiger partial charge in [0, 0.05) is 18.0 Å². The van der Waals surface area contributed by atoms with Gasteiger partial charge in [-0.3, -0.25) is 9.59 Å². The number of benzene rings is 1. The third-order valence-electron chi connectivity index (χ3n) is 4.50. The molecule has 3 rings (SSSR count). The smallest absolute Gasteiger partial charge is 0.289 e. The Balaban J connectivity index is 1.90. The molecule has 1 saturated heterocycles. The quantitative estimate of drug-likeness (QED) is 0.925. The molecule has 0 saturated carbocycles. The van der Waals surface area contributed by atoms with E-state index in [9.17, 15) is 9.59 Å². The number of nitrogens with two attached hydrogens (primary N) is 1. The van der Waals surface area contributed by atoms with Gasteiger partial charge in [0.15, 0.2) is 5.76 Å². The molecule has 0 spiro atoms. The van der Waals surface area contributed by atoms with Gasteiger partial charge in [-0.05, 0) is 38.3 Å². The van der Waals surface area contributed by atoms with Crippen LogP contribution in [-0.4, -0.2) is 29.3 Å². The second kappa shape index (κ2) is 5.48. The molecule has 0 bridgehead atoms. The third-order valence-corrected chi connectivity index (χ3v) is 4.50. The topological polar surface area (TPSA) is 76.5 Å². The number of fused-ring (bicyclic) bond motifs is 1. The van der Waals surface area contributed by atoms with Crippen LogP contribution in [0.4, 0.5) is 0 Å². The van der Waals surface area contributed by atoms with Gasteiger partial charge < -0.3 is 15.1 Å². The first kappa shape index (κ1) is 14.6. The maximum Gasteiger partial charge on any atom is 0.289 e. The third kappa shape index (κ3) is 2.47. The van der Waals surface area contributed by atoms with Crippen LogP contribution in [0.5, 0.6) is 0 Å². The minimum atomic E-state index is -0.342. The average molecular weight is 300 g/mol. The molecule has 2 unspecified atom stereocenters. The van der Waals surface area contributed by atoms with E-state index < -0.39 is 0 Å². The Bertz CT molecular complexity index is 735. The Morgan fingerprint density at radius 2 is 2.09 bits per heavy atom. The van der Waals surface area contributed by atoms with Crippen molar-refractivity contribution in [2.45, 2.75) is 32.7 Å². The number of primary amides is 1. The van der Waals surface area contributed by atoms with E-state index in [4.69, 9.17) is 10.2 Å². The van der Waals surface area contributed by atoms with Crippen LogP contribution in [0.15, 0.2) is 28.7 Å². The number of carbonyl (C=O) groups excluding carboxylic acids is 2. The summed E-state index contributed by atoms with van der Waals surface area (Å²) in [6.45, 7) is 4.31. The number of para-hydroxylation sites is 1. The zero-order chi connectivity index (χ0) is 15.9. The number of nitrogens with zero attached hydrogens (tertiary/aromatic N) is 1. The molecule has 22 heavy (non-hydrogen) atoms. The van der Waals surface area contributed by atoms with Gasteiger partial charge in [-0.1, -0.05) is 18.2 Å². The molecule has 1 aromatic heterocycles. The van der Waals surface area contributed by atoms with Crippen LogP contribution < -0.4 is 5.73 Å². The number of hydrogen-bond donors (Lipinski definition) is 1. The van der Waals surface area contributed by atoms with Crippen molar-refractivity contribution in [2.75, 3.05) is 6.54 Å². The van der Waals surface area contributed by atoms with Gasteiger partial charge >= 0.3 is 0 Å². The van der Waals surface area contributed by atoms with Gasteiger partial charge in [0.2, 0.25) is 5.91 Å². The van der Waals surface area contributed by atoms with Gasteiger partial charge in [0.25, 0.3) is 5.91 Å². The molecule has 1 aliphatic heterocycles. The number of likely N-dealkylation sites (tertiary alicyclic amines) is 1. The molecule has 5 heteroatoms. The normalized spacial score (nSPS) is 22.0. The Morgan fingerprint density at radius 1 is 1.32 bits per heavy atom. The van der Waals surface area contributed by atoms with Crippen LogP contribution in [0.2, 0.25) is 0 Å². The summed E-state index contributed by atoms with van der Waals surface area (Å²) < 4.78 is 5.75. The van der Waals surface area contributed by atoms with Gasteiger partial charge in [-0.2, -0.15) is 0 Å². The maximum atomic E-state index is 12.7. The molecule has 5 nitrogen and oxygen atoms in total. The summed E-state index contributed by atoms with van der Waals surface area (Å²) in [4.78, 5) is 25.9. The molecule has 116 valence electrons. The van der Waals surface area contributed by atoms with Gasteiger partial charge in [-0.15, -0.1) is 0 Å². The predicted molar refractivity (Wildman–Crippen MR) is 83.4 cm³/mol. The van der Waals surface area contributed by atoms with Crippen molar-refractivity contribution in [3.05, 3.63) is 35.6 Å². The van der Waals surface area contributed by atoms with Gasteiger partial charge in [0.1, 0.15) is 5.58 Å². The summed E-state index contributed by atoms with van der Waals surface area (Å²) >= 11 is 0. The van der Waals surface area contributed by atoms with E-state index in [0.717, 1.165) is 29.4 Å². The van der Waals surface area contributed by atoms with Gasteiger partial charge in [0.05, 0.1) is 5.92 Å². The number of hydrogen-bond acceptors (Lipinski definition) is 3. The molecule has 1 aromatic carbocycles. The van der Waals surface area contributed by atoms with Crippen LogP contribution in [0.25, 0.3) is 11.0 Å². The van der Waals surface area contributed by atoms with E-state index in [-0.39, 0.29) is 23.8 Å². The first-order valence-corrected chi connectivity index (χ1v) is 7.57. The molecule has 1 aliphatic rings. The van der Waals surface area contributed by atoms with Crippen molar-refractivity contribution in [1.29, 1.82) is 0 Å².